The molecule has 0 atom stereocenters. The van der Waals surface area contributed by atoms with Crippen LogP contribution in [0, 0.1) is 0 Å². The number of nitrogens with one attached hydrogen (secondary N) is 2. The van der Waals surface area contributed by atoms with Gasteiger partial charge in [0.25, 0.3) is 0 Å². The van der Waals surface area contributed by atoms with Gasteiger partial charge in [-0.1, -0.05) is 31.0 Å². The third-order valence-electron chi connectivity index (χ3n) is 4.07. The predicted molar refractivity (Wildman–Crippen MR) is 90.5 cm³/mol. The van der Waals surface area contributed by atoms with Gasteiger partial charge in [0.1, 0.15) is 11.4 Å². The molecular weight excluding hydrogens is 292 g/mol. The molecule has 2 rings (SSSR count). The van der Waals surface area contributed by atoms with Gasteiger partial charge in [-0.3, -0.25) is 0 Å². The second kappa shape index (κ2) is 7.21. The summed E-state index contributed by atoms with van der Waals surface area (Å²) in [7, 11) is 0. The summed E-state index contributed by atoms with van der Waals surface area (Å²) in [4.78, 5) is 12.2. The van der Waals surface area contributed by atoms with Crippen LogP contribution in [0.5, 0.6) is 5.75 Å². The van der Waals surface area contributed by atoms with Gasteiger partial charge in [0.15, 0.2) is 0 Å². The molecule has 2 amide bonds. The van der Waals surface area contributed by atoms with Gasteiger partial charge < -0.3 is 20.5 Å². The van der Waals surface area contributed by atoms with Gasteiger partial charge in [0.05, 0.1) is 12.1 Å². The summed E-state index contributed by atoms with van der Waals surface area (Å²) in [5.41, 5.74) is 0.191. The van der Waals surface area contributed by atoms with E-state index in [2.05, 4.69) is 10.6 Å². The lowest BCUT2D eigenvalue weighted by Gasteiger charge is -2.28. The lowest BCUT2D eigenvalue weighted by atomic mass is 9.99. The van der Waals surface area contributed by atoms with E-state index in [1.54, 1.807) is 0 Å². The van der Waals surface area contributed by atoms with Crippen molar-refractivity contribution in [2.45, 2.75) is 64.1 Å². The molecule has 0 aromatic heterocycles. The van der Waals surface area contributed by atoms with Crippen LogP contribution in [0.15, 0.2) is 24.3 Å². The van der Waals surface area contributed by atoms with Crippen LogP contribution in [0.3, 0.4) is 0 Å². The Bertz CT molecular complexity index is 531. The van der Waals surface area contributed by atoms with Gasteiger partial charge in [-0.2, -0.15) is 0 Å². The fraction of sp³-hybridized carbons (Fsp3) is 0.611. The summed E-state index contributed by atoms with van der Waals surface area (Å²) in [5.74, 6) is 0.776. The molecule has 0 saturated heterocycles. The Labute approximate surface area is 138 Å². The second-order valence-corrected chi connectivity index (χ2v) is 7.28. The molecule has 1 aromatic carbocycles. The number of aliphatic hydroxyl groups excluding tert-OH is 1. The Morgan fingerprint density at radius 3 is 2.52 bits per heavy atom. The molecule has 1 fully saturated rings. The summed E-state index contributed by atoms with van der Waals surface area (Å²) < 4.78 is 5.93. The highest BCUT2D eigenvalue weighted by Gasteiger charge is 2.34. The van der Waals surface area contributed by atoms with Gasteiger partial charge in [0.2, 0.25) is 0 Å². The van der Waals surface area contributed by atoms with E-state index in [4.69, 9.17) is 4.74 Å². The number of hydrogen-bond acceptors (Lipinski definition) is 3. The molecule has 5 heteroatoms. The average Bonchev–Trinajstić information content (AvgIpc) is 2.94. The summed E-state index contributed by atoms with van der Waals surface area (Å²) in [5, 5.41) is 15.4. The molecule has 23 heavy (non-hydrogen) atoms. The van der Waals surface area contributed by atoms with Gasteiger partial charge in [-0.25, -0.2) is 4.79 Å². The minimum absolute atomic E-state index is 0.00978. The van der Waals surface area contributed by atoms with Gasteiger partial charge in [0, 0.05) is 12.1 Å². The quantitative estimate of drug-likeness (QED) is 0.781. The first-order chi connectivity index (χ1) is 10.8. The van der Waals surface area contributed by atoms with Crippen molar-refractivity contribution in [3.63, 3.8) is 0 Å². The van der Waals surface area contributed by atoms with Crippen LogP contribution < -0.4 is 15.4 Å². The lowest BCUT2D eigenvalue weighted by Crippen LogP contribution is -2.52. The summed E-state index contributed by atoms with van der Waals surface area (Å²) in [6.07, 6.45) is 3.76. The SMILES string of the molecule is CC(C)(C)Oc1ccccc1CNC(=O)NC1(CO)CCCC1. The zero-order valence-electron chi connectivity index (χ0n) is 14.3. The maximum absolute atomic E-state index is 12.2. The minimum Gasteiger partial charge on any atom is -0.488 e. The van der Waals surface area contributed by atoms with E-state index in [0.717, 1.165) is 37.0 Å². The molecule has 1 aliphatic rings. The highest BCUT2D eigenvalue weighted by atomic mass is 16.5. The van der Waals surface area contributed by atoms with E-state index >= 15 is 0 Å². The fourth-order valence-electron chi connectivity index (χ4n) is 2.91. The number of para-hydroxylation sites is 1. The Hall–Kier alpha value is -1.75. The first-order valence-electron chi connectivity index (χ1n) is 8.27. The van der Waals surface area contributed by atoms with Crippen molar-refractivity contribution in [1.82, 2.24) is 10.6 Å². The van der Waals surface area contributed by atoms with Crippen LogP contribution in [0.4, 0.5) is 4.79 Å². The van der Waals surface area contributed by atoms with Crippen molar-refractivity contribution < 1.29 is 14.6 Å². The molecular formula is C18H28N2O3. The maximum atomic E-state index is 12.2. The second-order valence-electron chi connectivity index (χ2n) is 7.28. The van der Waals surface area contributed by atoms with Crippen LogP contribution in [0.1, 0.15) is 52.0 Å². The van der Waals surface area contributed by atoms with E-state index in [0.29, 0.717) is 6.54 Å². The molecule has 0 heterocycles. The highest BCUT2D eigenvalue weighted by molar-refractivity contribution is 5.75. The van der Waals surface area contributed by atoms with Crippen LogP contribution in [-0.2, 0) is 6.54 Å². The standard InChI is InChI=1S/C18H28N2O3/c1-17(2,3)23-15-9-5-4-8-14(15)12-19-16(22)20-18(13-21)10-6-7-11-18/h4-5,8-9,21H,6-7,10-13H2,1-3H3,(H2,19,20,22). The zero-order valence-corrected chi connectivity index (χ0v) is 14.3. The van der Waals surface area contributed by atoms with E-state index in [1.165, 1.54) is 0 Å². The molecule has 128 valence electrons. The number of hydrogen-bond donors (Lipinski definition) is 3. The fourth-order valence-corrected chi connectivity index (χ4v) is 2.91. The van der Waals surface area contributed by atoms with Crippen molar-refractivity contribution in [2.24, 2.45) is 0 Å². The minimum atomic E-state index is -0.453. The Kier molecular flexibility index (Phi) is 5.52. The summed E-state index contributed by atoms with van der Waals surface area (Å²) >= 11 is 0. The van der Waals surface area contributed by atoms with E-state index in [1.807, 2.05) is 45.0 Å². The molecule has 1 saturated carbocycles. The van der Waals surface area contributed by atoms with E-state index in [9.17, 15) is 9.90 Å². The average molecular weight is 320 g/mol. The van der Waals surface area contributed by atoms with Crippen LogP contribution in [-0.4, -0.2) is 28.9 Å². The Morgan fingerprint density at radius 2 is 1.91 bits per heavy atom. The van der Waals surface area contributed by atoms with E-state index < -0.39 is 5.54 Å². The van der Waals surface area contributed by atoms with Crippen LogP contribution >= 0.6 is 0 Å². The number of urea groups is 1. The lowest BCUT2D eigenvalue weighted by molar-refractivity contribution is 0.129. The molecule has 0 unspecified atom stereocenters. The third kappa shape index (κ3) is 5.13. The smallest absolute Gasteiger partial charge is 0.315 e. The highest BCUT2D eigenvalue weighted by Crippen LogP contribution is 2.29. The molecule has 1 aliphatic carbocycles. The number of aliphatic hydroxyl groups is 1. The van der Waals surface area contributed by atoms with Crippen molar-refractivity contribution >= 4 is 6.03 Å². The first kappa shape index (κ1) is 17.6. The third-order valence-corrected chi connectivity index (χ3v) is 4.07. The van der Waals surface area contributed by atoms with Crippen molar-refractivity contribution in [3.05, 3.63) is 29.8 Å². The topological polar surface area (TPSA) is 70.6 Å². The molecule has 0 radical (unpaired) electrons. The monoisotopic (exact) mass is 320 g/mol. The molecule has 0 aliphatic heterocycles. The van der Waals surface area contributed by atoms with Crippen molar-refractivity contribution in [1.29, 1.82) is 0 Å². The molecule has 5 nitrogen and oxygen atoms in total. The number of ether oxygens (including phenoxy) is 1. The zero-order chi connectivity index (χ0) is 16.9. The van der Waals surface area contributed by atoms with Crippen LogP contribution in [0.2, 0.25) is 0 Å². The summed E-state index contributed by atoms with van der Waals surface area (Å²) in [6, 6.07) is 7.46. The number of amides is 2. The normalized spacial score (nSPS) is 16.9. The number of carbonyl (C=O) groups is 1. The predicted octanol–water partition coefficient (Wildman–Crippen LogP) is 2.97. The molecule has 1 aromatic rings. The van der Waals surface area contributed by atoms with Gasteiger partial charge >= 0.3 is 6.03 Å². The number of carbonyl (C=O) groups excluding carboxylic acids is 1. The molecule has 0 bridgehead atoms. The van der Waals surface area contributed by atoms with Crippen molar-refractivity contribution in [3.8, 4) is 5.75 Å². The number of benzene rings is 1. The van der Waals surface area contributed by atoms with E-state index in [-0.39, 0.29) is 18.2 Å². The van der Waals surface area contributed by atoms with Crippen molar-refractivity contribution in [2.75, 3.05) is 6.61 Å². The molecule has 3 N–H and O–H groups in total. The Balaban J connectivity index is 1.94. The first-order valence-corrected chi connectivity index (χ1v) is 8.27. The van der Waals surface area contributed by atoms with Gasteiger partial charge in [-0.05, 0) is 39.7 Å². The van der Waals surface area contributed by atoms with Crippen LogP contribution in [0.25, 0.3) is 0 Å². The van der Waals surface area contributed by atoms with Gasteiger partial charge in [-0.15, -0.1) is 0 Å². The molecule has 0 spiro atoms. The summed E-state index contributed by atoms with van der Waals surface area (Å²) in [6.45, 7) is 6.36. The largest absolute Gasteiger partial charge is 0.488 e. The number of rotatable bonds is 5. The Morgan fingerprint density at radius 1 is 1.26 bits per heavy atom. The maximum Gasteiger partial charge on any atom is 0.315 e.